The predicted molar refractivity (Wildman–Crippen MR) is 63.6 cm³/mol. The third kappa shape index (κ3) is 6.85. The topological polar surface area (TPSA) is 0 Å². The second-order valence-electron chi connectivity index (χ2n) is 3.31. The van der Waals surface area contributed by atoms with Crippen LogP contribution in [0.3, 0.4) is 0 Å². The van der Waals surface area contributed by atoms with Gasteiger partial charge in [0, 0.05) is 0 Å². The van der Waals surface area contributed by atoms with E-state index in [0.717, 1.165) is 6.07 Å². The first-order valence-corrected chi connectivity index (χ1v) is 7.41. The van der Waals surface area contributed by atoms with Gasteiger partial charge in [0.15, 0.2) is 0 Å². The number of rotatable bonds is 3. The Morgan fingerprint density at radius 1 is 0.737 bits per heavy atom. The minimum atomic E-state index is -2.17. The van der Waals surface area contributed by atoms with Crippen molar-refractivity contribution in [3.05, 3.63) is 35.2 Å². The van der Waals surface area contributed by atoms with E-state index in [4.69, 9.17) is 0 Å². The third-order valence-electron chi connectivity index (χ3n) is 2.33. The van der Waals surface area contributed by atoms with Crippen LogP contribution in [0.15, 0.2) is 0 Å². The van der Waals surface area contributed by atoms with Crippen LogP contribution in [-0.2, 0) is 22.4 Å². The van der Waals surface area contributed by atoms with Crippen LogP contribution < -0.4 is 0 Å². The second-order valence-corrected chi connectivity index (χ2v) is 6.55. The second kappa shape index (κ2) is 10.8. The summed E-state index contributed by atoms with van der Waals surface area (Å²) >= 11 is 0. The molecule has 0 nitrogen and oxygen atoms in total. The minimum absolute atomic E-state index is 0. The van der Waals surface area contributed by atoms with Crippen molar-refractivity contribution in [2.24, 2.45) is 0 Å². The Labute approximate surface area is 127 Å². The average molecular weight is 482 g/mol. The quantitative estimate of drug-likeness (QED) is 0.146. The van der Waals surface area contributed by atoms with Crippen LogP contribution in [-0.4, -0.2) is 18.5 Å². The zero-order valence-corrected chi connectivity index (χ0v) is 13.8. The first-order chi connectivity index (χ1) is 8.38. The Hall–Kier alpha value is 0.0403. The Morgan fingerprint density at radius 2 is 1.05 bits per heavy atom. The smallest absolute Gasteiger partial charge is 0.278 e. The number of benzene rings is 1. The minimum Gasteiger partial charge on any atom is -0.278 e. The van der Waals surface area contributed by atoms with Crippen LogP contribution in [0.5, 0.6) is 0 Å². The van der Waals surface area contributed by atoms with E-state index in [1.165, 1.54) is 18.5 Å². The summed E-state index contributed by atoms with van der Waals surface area (Å²) in [7, 11) is 0.446. The molecule has 0 N–H and O–H groups in total. The molecule has 0 unspecified atom stereocenters. The largest absolute Gasteiger partial charge is 1.00 e. The zero-order chi connectivity index (χ0) is 14.3. The Bertz CT molecular complexity index is 351. The van der Waals surface area contributed by atoms with E-state index in [2.05, 4.69) is 20.8 Å². The molecule has 1 rings (SSSR count). The molecule has 0 fully saturated rings. The van der Waals surface area contributed by atoms with Crippen LogP contribution in [0.4, 0.5) is 22.0 Å². The van der Waals surface area contributed by atoms with Crippen LogP contribution in [0, 0.1) is 35.2 Å². The molecule has 0 aromatic heterocycles. The number of halogens is 5. The van der Waals surface area contributed by atoms with Crippen molar-refractivity contribution >= 4 is 7.92 Å². The normalized spacial score (nSPS) is 9.74. The summed E-state index contributed by atoms with van der Waals surface area (Å²) in [5, 5.41) is 0. The van der Waals surface area contributed by atoms with Gasteiger partial charge in [0.25, 0.3) is 0 Å². The van der Waals surface area contributed by atoms with Crippen molar-refractivity contribution in [1.29, 1.82) is 0 Å². The summed E-state index contributed by atoms with van der Waals surface area (Å²) in [6, 6.07) is 1.02. The van der Waals surface area contributed by atoms with E-state index in [1.54, 1.807) is 0 Å². The van der Waals surface area contributed by atoms with Gasteiger partial charge in [-0.2, -0.15) is 0 Å². The SMILES string of the molecule is CCP(CC)CC.Fc1[c-]c(F)c(F)c(F)c1F.[Au+]. The van der Waals surface area contributed by atoms with E-state index in [1.807, 2.05) is 0 Å². The van der Waals surface area contributed by atoms with Crippen molar-refractivity contribution in [2.45, 2.75) is 20.8 Å². The van der Waals surface area contributed by atoms with E-state index in [0.29, 0.717) is 7.92 Å². The van der Waals surface area contributed by atoms with Crippen LogP contribution in [0.25, 0.3) is 0 Å². The molecule has 0 spiro atoms. The average Bonchev–Trinajstić information content (AvgIpc) is 2.37. The van der Waals surface area contributed by atoms with Gasteiger partial charge in [-0.05, 0) is 18.5 Å². The fraction of sp³-hybridized carbons (Fsp3) is 0.500. The van der Waals surface area contributed by atoms with E-state index in [9.17, 15) is 22.0 Å². The van der Waals surface area contributed by atoms with E-state index >= 15 is 0 Å². The summed E-state index contributed by atoms with van der Waals surface area (Å²) in [6.45, 7) is 6.87. The molecule has 0 bridgehead atoms. The van der Waals surface area contributed by atoms with E-state index < -0.39 is 29.1 Å². The predicted octanol–water partition coefficient (Wildman–Crippen LogP) is 4.71. The first-order valence-electron chi connectivity index (χ1n) is 5.51. The molecule has 0 saturated carbocycles. The van der Waals surface area contributed by atoms with Gasteiger partial charge < -0.3 is 0 Å². The van der Waals surface area contributed by atoms with E-state index in [-0.39, 0.29) is 22.4 Å². The van der Waals surface area contributed by atoms with Gasteiger partial charge in [-0.25, -0.2) is 13.2 Å². The maximum absolute atomic E-state index is 12.0. The maximum atomic E-state index is 12.0. The molecule has 0 aliphatic rings. The molecule has 0 aliphatic carbocycles. The Kier molecular flexibility index (Phi) is 12.1. The fourth-order valence-electron chi connectivity index (χ4n) is 1.17. The molecule has 0 heterocycles. The summed E-state index contributed by atoms with van der Waals surface area (Å²) in [6.07, 6.45) is 4.26. The van der Waals surface area contributed by atoms with Gasteiger partial charge in [-0.3, -0.25) is 8.78 Å². The molecule has 19 heavy (non-hydrogen) atoms. The molecular weight excluding hydrogens is 467 g/mol. The van der Waals surface area contributed by atoms with Gasteiger partial charge in [-0.15, -0.1) is 14.0 Å². The molecule has 0 amide bonds. The van der Waals surface area contributed by atoms with Gasteiger partial charge >= 0.3 is 22.4 Å². The van der Waals surface area contributed by atoms with Gasteiger partial charge in [0.05, 0.1) is 29.1 Å². The summed E-state index contributed by atoms with van der Waals surface area (Å²) < 4.78 is 59.9. The molecule has 114 valence electrons. The molecule has 0 saturated heterocycles. The zero-order valence-electron chi connectivity index (χ0n) is 10.8. The van der Waals surface area contributed by atoms with Crippen molar-refractivity contribution in [2.75, 3.05) is 18.5 Å². The fourth-order valence-corrected chi connectivity index (χ4v) is 2.51. The molecule has 1 aromatic rings. The third-order valence-corrected chi connectivity index (χ3v) is 5.02. The van der Waals surface area contributed by atoms with Gasteiger partial charge in [0.1, 0.15) is 0 Å². The van der Waals surface area contributed by atoms with Crippen LogP contribution in [0.1, 0.15) is 20.8 Å². The van der Waals surface area contributed by atoms with Gasteiger partial charge in [0.2, 0.25) is 0 Å². The number of hydrogen-bond donors (Lipinski definition) is 0. The summed E-state index contributed by atoms with van der Waals surface area (Å²) in [4.78, 5) is 0. The molecular formula is C12H15AuF5P. The summed E-state index contributed by atoms with van der Waals surface area (Å²) in [5.41, 5.74) is 0. The Balaban J connectivity index is 0. The first kappa shape index (κ1) is 21.3. The number of hydrogen-bond acceptors (Lipinski definition) is 0. The van der Waals surface area contributed by atoms with Gasteiger partial charge in [-0.1, -0.05) is 20.8 Å². The molecule has 7 heteroatoms. The summed E-state index contributed by atoms with van der Waals surface area (Å²) in [5.74, 6) is -10.0. The van der Waals surface area contributed by atoms with Crippen molar-refractivity contribution in [3.8, 4) is 0 Å². The van der Waals surface area contributed by atoms with Crippen LogP contribution >= 0.6 is 7.92 Å². The van der Waals surface area contributed by atoms with Crippen molar-refractivity contribution in [1.82, 2.24) is 0 Å². The van der Waals surface area contributed by atoms with Crippen molar-refractivity contribution < 1.29 is 44.3 Å². The maximum Gasteiger partial charge on any atom is 1.00 e. The Morgan fingerprint density at radius 3 is 1.26 bits per heavy atom. The molecule has 0 atom stereocenters. The standard InChI is InChI=1S/C6F5.C6H15P.Au/c7-2-1-3(8)5(10)6(11)4(2)9;1-4-7(5-2)6-3;/h;4-6H2,1-3H3;/q-1;;+1. The molecule has 0 radical (unpaired) electrons. The monoisotopic (exact) mass is 482 g/mol. The van der Waals surface area contributed by atoms with Crippen molar-refractivity contribution in [3.63, 3.8) is 0 Å². The molecule has 0 aliphatic heterocycles. The molecule has 1 aromatic carbocycles. The van der Waals surface area contributed by atoms with Crippen LogP contribution in [0.2, 0.25) is 0 Å².